The number of urea groups is 1. The maximum Gasteiger partial charge on any atom is 0.416 e. The first-order valence-electron chi connectivity index (χ1n) is 6.71. The first-order chi connectivity index (χ1) is 10.9. The van der Waals surface area contributed by atoms with Crippen molar-refractivity contribution in [1.82, 2.24) is 5.32 Å². The third-order valence-corrected chi connectivity index (χ3v) is 2.79. The average molecular weight is 318 g/mol. The van der Waals surface area contributed by atoms with Gasteiger partial charge in [0.1, 0.15) is 0 Å². The summed E-state index contributed by atoms with van der Waals surface area (Å²) in [6, 6.07) is 13.1. The maximum absolute atomic E-state index is 12.6. The van der Waals surface area contributed by atoms with Crippen molar-refractivity contribution in [3.8, 4) is 11.8 Å². The molecule has 0 aromatic heterocycles. The molecule has 0 saturated heterocycles. The Balaban J connectivity index is 1.87. The van der Waals surface area contributed by atoms with Crippen LogP contribution in [0, 0.1) is 11.8 Å². The zero-order chi connectivity index (χ0) is 16.7. The van der Waals surface area contributed by atoms with Gasteiger partial charge in [0.2, 0.25) is 0 Å². The Morgan fingerprint density at radius 3 is 2.48 bits per heavy atom. The smallest absolute Gasteiger partial charge is 0.327 e. The Labute approximate surface area is 131 Å². The molecule has 2 N–H and O–H groups in total. The normalized spacial score (nSPS) is 10.4. The van der Waals surface area contributed by atoms with Gasteiger partial charge in [0, 0.05) is 11.3 Å². The van der Waals surface area contributed by atoms with Gasteiger partial charge in [-0.05, 0) is 30.3 Å². The molecule has 0 fully saturated rings. The van der Waals surface area contributed by atoms with E-state index in [9.17, 15) is 18.0 Å². The van der Waals surface area contributed by atoms with Crippen LogP contribution in [0.25, 0.3) is 0 Å². The molecule has 2 aromatic rings. The molecule has 118 valence electrons. The van der Waals surface area contributed by atoms with Crippen LogP contribution in [-0.2, 0) is 6.18 Å². The van der Waals surface area contributed by atoms with Crippen molar-refractivity contribution in [2.24, 2.45) is 0 Å². The first kappa shape index (κ1) is 16.4. The fourth-order valence-electron chi connectivity index (χ4n) is 1.74. The maximum atomic E-state index is 12.6. The highest BCUT2D eigenvalue weighted by Gasteiger charge is 2.30. The van der Waals surface area contributed by atoms with E-state index in [0.29, 0.717) is 5.69 Å². The third-order valence-electron chi connectivity index (χ3n) is 2.79. The zero-order valence-corrected chi connectivity index (χ0v) is 11.9. The second-order valence-electron chi connectivity index (χ2n) is 4.55. The summed E-state index contributed by atoms with van der Waals surface area (Å²) >= 11 is 0. The third kappa shape index (κ3) is 5.40. The van der Waals surface area contributed by atoms with Gasteiger partial charge in [0.15, 0.2) is 0 Å². The molecule has 2 amide bonds. The minimum absolute atomic E-state index is 0.0227. The Morgan fingerprint density at radius 1 is 1.04 bits per heavy atom. The number of nitrogens with one attached hydrogen (secondary N) is 2. The highest BCUT2D eigenvalue weighted by molar-refractivity contribution is 5.89. The molecule has 6 heteroatoms. The van der Waals surface area contributed by atoms with Crippen molar-refractivity contribution in [3.05, 3.63) is 65.7 Å². The highest BCUT2D eigenvalue weighted by atomic mass is 19.4. The van der Waals surface area contributed by atoms with Crippen molar-refractivity contribution in [2.45, 2.75) is 6.18 Å². The Bertz CT molecular complexity index is 731. The van der Waals surface area contributed by atoms with Crippen molar-refractivity contribution in [3.63, 3.8) is 0 Å². The summed E-state index contributed by atoms with van der Waals surface area (Å²) in [5, 5.41) is 5.10. The minimum atomic E-state index is -4.40. The van der Waals surface area contributed by atoms with E-state index in [2.05, 4.69) is 22.5 Å². The van der Waals surface area contributed by atoms with Gasteiger partial charge >= 0.3 is 12.2 Å². The lowest BCUT2D eigenvalue weighted by Crippen LogP contribution is -2.28. The van der Waals surface area contributed by atoms with Crippen LogP contribution in [-0.4, -0.2) is 12.6 Å². The van der Waals surface area contributed by atoms with Crippen LogP contribution < -0.4 is 10.6 Å². The largest absolute Gasteiger partial charge is 0.416 e. The van der Waals surface area contributed by atoms with Crippen LogP contribution in [0.5, 0.6) is 0 Å². The molecule has 0 aliphatic rings. The van der Waals surface area contributed by atoms with E-state index in [0.717, 1.165) is 12.1 Å². The van der Waals surface area contributed by atoms with Crippen molar-refractivity contribution in [2.75, 3.05) is 11.9 Å². The quantitative estimate of drug-likeness (QED) is 0.811. The molecular formula is C17H13F3N2O. The molecule has 2 rings (SSSR count). The van der Waals surface area contributed by atoms with Crippen LogP contribution in [0.3, 0.4) is 0 Å². The van der Waals surface area contributed by atoms with Gasteiger partial charge in [0.25, 0.3) is 0 Å². The van der Waals surface area contributed by atoms with Crippen LogP contribution >= 0.6 is 0 Å². The zero-order valence-electron chi connectivity index (χ0n) is 11.9. The van der Waals surface area contributed by atoms with E-state index in [1.807, 2.05) is 6.07 Å². The molecule has 3 nitrogen and oxygen atoms in total. The molecule has 0 heterocycles. The predicted molar refractivity (Wildman–Crippen MR) is 81.8 cm³/mol. The van der Waals surface area contributed by atoms with E-state index in [1.54, 1.807) is 24.3 Å². The lowest BCUT2D eigenvalue weighted by atomic mass is 10.1. The summed E-state index contributed by atoms with van der Waals surface area (Å²) in [7, 11) is 0. The summed E-state index contributed by atoms with van der Waals surface area (Å²) in [5.41, 5.74) is 0.125. The number of benzene rings is 2. The molecule has 0 saturated carbocycles. The van der Waals surface area contributed by atoms with Crippen molar-refractivity contribution in [1.29, 1.82) is 0 Å². The van der Waals surface area contributed by atoms with Gasteiger partial charge in [-0.3, -0.25) is 0 Å². The van der Waals surface area contributed by atoms with E-state index < -0.39 is 17.8 Å². The number of halogens is 3. The molecule has 0 aliphatic heterocycles. The summed E-state index contributed by atoms with van der Waals surface area (Å²) < 4.78 is 37.7. The average Bonchev–Trinajstić information content (AvgIpc) is 2.52. The molecule has 0 aliphatic carbocycles. The topological polar surface area (TPSA) is 41.1 Å². The first-order valence-corrected chi connectivity index (χ1v) is 6.71. The van der Waals surface area contributed by atoms with E-state index >= 15 is 0 Å². The molecule has 0 unspecified atom stereocenters. The second-order valence-corrected chi connectivity index (χ2v) is 4.55. The number of anilines is 1. The number of hydrogen-bond donors (Lipinski definition) is 2. The lowest BCUT2D eigenvalue weighted by molar-refractivity contribution is -0.137. The van der Waals surface area contributed by atoms with Crippen molar-refractivity contribution < 1.29 is 18.0 Å². The summed E-state index contributed by atoms with van der Waals surface area (Å²) in [4.78, 5) is 11.6. The number of alkyl halides is 3. The minimum Gasteiger partial charge on any atom is -0.327 e. The highest BCUT2D eigenvalue weighted by Crippen LogP contribution is 2.29. The number of hydrogen-bond acceptors (Lipinski definition) is 1. The monoisotopic (exact) mass is 318 g/mol. The Morgan fingerprint density at radius 2 is 1.78 bits per heavy atom. The molecule has 23 heavy (non-hydrogen) atoms. The molecule has 0 bridgehead atoms. The van der Waals surface area contributed by atoms with Crippen molar-refractivity contribution >= 4 is 11.7 Å². The second kappa shape index (κ2) is 7.36. The number of para-hydroxylation sites is 1. The van der Waals surface area contributed by atoms with E-state index in [1.165, 1.54) is 12.1 Å². The van der Waals surface area contributed by atoms with E-state index in [-0.39, 0.29) is 12.1 Å². The van der Waals surface area contributed by atoms with E-state index in [4.69, 9.17) is 0 Å². The van der Waals surface area contributed by atoms with Crippen LogP contribution in [0.1, 0.15) is 11.1 Å². The number of carbonyl (C=O) groups is 1. The molecule has 0 atom stereocenters. The molecule has 0 radical (unpaired) electrons. The fourth-order valence-corrected chi connectivity index (χ4v) is 1.74. The number of rotatable bonds is 2. The summed E-state index contributed by atoms with van der Waals surface area (Å²) in [6.07, 6.45) is -4.40. The Kier molecular flexibility index (Phi) is 5.26. The molecular weight excluding hydrogens is 305 g/mol. The number of carbonyl (C=O) groups excluding carboxylic acids is 1. The number of amides is 2. The van der Waals surface area contributed by atoms with Gasteiger partial charge in [-0.1, -0.05) is 36.1 Å². The Hall–Kier alpha value is -2.94. The van der Waals surface area contributed by atoms with Crippen LogP contribution in [0.4, 0.5) is 23.7 Å². The molecule has 0 spiro atoms. The predicted octanol–water partition coefficient (Wildman–Crippen LogP) is 3.88. The summed E-state index contributed by atoms with van der Waals surface area (Å²) in [6.45, 7) is 0.0227. The van der Waals surface area contributed by atoms with Gasteiger partial charge in [-0.15, -0.1) is 0 Å². The molecule has 2 aromatic carbocycles. The lowest BCUT2D eigenvalue weighted by Gasteiger charge is -2.06. The summed E-state index contributed by atoms with van der Waals surface area (Å²) in [5.74, 6) is 5.19. The van der Waals surface area contributed by atoms with Crippen LogP contribution in [0.15, 0.2) is 54.6 Å². The fraction of sp³-hybridized carbons (Fsp3) is 0.118. The van der Waals surface area contributed by atoms with Gasteiger partial charge < -0.3 is 10.6 Å². The SMILES string of the molecule is O=C(NCC#Cc1cccc(C(F)(F)F)c1)Nc1ccccc1. The van der Waals surface area contributed by atoms with Crippen LogP contribution in [0.2, 0.25) is 0 Å². The van der Waals surface area contributed by atoms with Gasteiger partial charge in [-0.2, -0.15) is 13.2 Å². The van der Waals surface area contributed by atoms with Gasteiger partial charge in [0.05, 0.1) is 12.1 Å². The van der Waals surface area contributed by atoms with Gasteiger partial charge in [-0.25, -0.2) is 4.79 Å². The standard InChI is InChI=1S/C17H13F3N2O/c18-17(19,20)14-8-4-6-13(12-14)7-5-11-21-16(23)22-15-9-2-1-3-10-15/h1-4,6,8-10,12H,11H2,(H2,21,22,23).